The third-order valence-electron chi connectivity index (χ3n) is 3.43. The van der Waals surface area contributed by atoms with Crippen LogP contribution in [-0.2, 0) is 6.54 Å². The van der Waals surface area contributed by atoms with Crippen LogP contribution < -0.4 is 5.32 Å². The summed E-state index contributed by atoms with van der Waals surface area (Å²) in [6, 6.07) is 4.33. The van der Waals surface area contributed by atoms with E-state index in [2.05, 4.69) is 27.7 Å². The summed E-state index contributed by atoms with van der Waals surface area (Å²) < 4.78 is 0. The van der Waals surface area contributed by atoms with Crippen LogP contribution in [0.2, 0.25) is 0 Å². The SMILES string of the molecule is c1csc(CNCCN2CCCCCCC2)c1. The van der Waals surface area contributed by atoms with Gasteiger partial charge >= 0.3 is 0 Å². The van der Waals surface area contributed by atoms with Crippen molar-refractivity contribution in [3.63, 3.8) is 0 Å². The van der Waals surface area contributed by atoms with Gasteiger partial charge in [-0.3, -0.25) is 0 Å². The van der Waals surface area contributed by atoms with E-state index in [1.54, 1.807) is 0 Å². The Kier molecular flexibility index (Phi) is 6.03. The van der Waals surface area contributed by atoms with Crippen molar-refractivity contribution in [3.05, 3.63) is 22.4 Å². The van der Waals surface area contributed by atoms with Crippen LogP contribution in [0.25, 0.3) is 0 Å². The first-order chi connectivity index (χ1) is 8.45. The number of hydrogen-bond acceptors (Lipinski definition) is 3. The molecule has 1 aromatic heterocycles. The van der Waals surface area contributed by atoms with Crippen LogP contribution in [0.5, 0.6) is 0 Å². The maximum absolute atomic E-state index is 3.54. The summed E-state index contributed by atoms with van der Waals surface area (Å²) in [7, 11) is 0. The lowest BCUT2D eigenvalue weighted by Gasteiger charge is -2.24. The van der Waals surface area contributed by atoms with E-state index in [4.69, 9.17) is 0 Å². The van der Waals surface area contributed by atoms with Crippen molar-refractivity contribution >= 4 is 11.3 Å². The van der Waals surface area contributed by atoms with Crippen molar-refractivity contribution in [1.29, 1.82) is 0 Å². The molecule has 2 nitrogen and oxygen atoms in total. The minimum Gasteiger partial charge on any atom is -0.311 e. The molecule has 2 rings (SSSR count). The summed E-state index contributed by atoms with van der Waals surface area (Å²) in [4.78, 5) is 4.07. The fraction of sp³-hybridized carbons (Fsp3) is 0.714. The van der Waals surface area contributed by atoms with Gasteiger partial charge in [-0.2, -0.15) is 0 Å². The van der Waals surface area contributed by atoms with E-state index in [0.717, 1.165) is 13.1 Å². The Hall–Kier alpha value is -0.380. The van der Waals surface area contributed by atoms with Crippen molar-refractivity contribution in [2.45, 2.75) is 38.6 Å². The zero-order valence-corrected chi connectivity index (χ0v) is 11.5. The van der Waals surface area contributed by atoms with Crippen LogP contribution in [0.4, 0.5) is 0 Å². The van der Waals surface area contributed by atoms with E-state index in [1.807, 2.05) is 11.3 Å². The predicted molar refractivity (Wildman–Crippen MR) is 75.6 cm³/mol. The maximum atomic E-state index is 3.54. The lowest BCUT2D eigenvalue weighted by Crippen LogP contribution is -2.34. The van der Waals surface area contributed by atoms with Gasteiger partial charge in [0.25, 0.3) is 0 Å². The molecule has 0 spiro atoms. The molecule has 0 radical (unpaired) electrons. The molecule has 1 N–H and O–H groups in total. The molecule has 0 bridgehead atoms. The summed E-state index contributed by atoms with van der Waals surface area (Å²) in [5.41, 5.74) is 0. The zero-order chi connectivity index (χ0) is 11.8. The fourth-order valence-electron chi connectivity index (χ4n) is 2.40. The molecule has 0 atom stereocenters. The Morgan fingerprint density at radius 3 is 2.59 bits per heavy atom. The van der Waals surface area contributed by atoms with Gasteiger partial charge in [0.1, 0.15) is 0 Å². The lowest BCUT2D eigenvalue weighted by molar-refractivity contribution is 0.247. The van der Waals surface area contributed by atoms with Crippen molar-refractivity contribution in [1.82, 2.24) is 10.2 Å². The van der Waals surface area contributed by atoms with Crippen molar-refractivity contribution < 1.29 is 0 Å². The smallest absolute Gasteiger partial charge is 0.0300 e. The third kappa shape index (κ3) is 5.19. The van der Waals surface area contributed by atoms with E-state index in [0.29, 0.717) is 0 Å². The molecule has 0 unspecified atom stereocenters. The van der Waals surface area contributed by atoms with E-state index in [-0.39, 0.29) is 0 Å². The summed E-state index contributed by atoms with van der Waals surface area (Å²) >= 11 is 1.84. The highest BCUT2D eigenvalue weighted by molar-refractivity contribution is 7.09. The van der Waals surface area contributed by atoms with Crippen molar-refractivity contribution in [2.75, 3.05) is 26.2 Å². The van der Waals surface area contributed by atoms with Gasteiger partial charge in [0.15, 0.2) is 0 Å². The number of rotatable bonds is 5. The molecule has 0 aliphatic carbocycles. The monoisotopic (exact) mass is 252 g/mol. The average Bonchev–Trinajstić information content (AvgIpc) is 2.79. The quantitative estimate of drug-likeness (QED) is 0.810. The number of nitrogens with one attached hydrogen (secondary N) is 1. The highest BCUT2D eigenvalue weighted by Crippen LogP contribution is 2.10. The van der Waals surface area contributed by atoms with Crippen LogP contribution in [-0.4, -0.2) is 31.1 Å². The standard InChI is InChI=1S/C14H24N2S/c1-2-4-9-16(10-5-3-1)11-8-15-13-14-7-6-12-17-14/h6-7,12,15H,1-5,8-11,13H2. The first-order valence-corrected chi connectivity index (χ1v) is 7.78. The van der Waals surface area contributed by atoms with Gasteiger partial charge in [0.05, 0.1) is 0 Å². The Labute approximate surface area is 109 Å². The molecule has 0 aromatic carbocycles. The molecule has 1 aromatic rings. The zero-order valence-electron chi connectivity index (χ0n) is 10.7. The topological polar surface area (TPSA) is 15.3 Å². The summed E-state index contributed by atoms with van der Waals surface area (Å²) in [6.07, 6.45) is 7.10. The van der Waals surface area contributed by atoms with Crippen LogP contribution in [0, 0.1) is 0 Å². The van der Waals surface area contributed by atoms with Gasteiger partial charge in [-0.15, -0.1) is 11.3 Å². The molecule has 1 fully saturated rings. The van der Waals surface area contributed by atoms with Gasteiger partial charge < -0.3 is 10.2 Å². The highest BCUT2D eigenvalue weighted by atomic mass is 32.1. The molecule has 96 valence electrons. The van der Waals surface area contributed by atoms with Crippen LogP contribution in [0.1, 0.15) is 37.0 Å². The number of nitrogens with zero attached hydrogens (tertiary/aromatic N) is 1. The first-order valence-electron chi connectivity index (χ1n) is 6.90. The second kappa shape index (κ2) is 7.85. The molecule has 1 aliphatic rings. The minimum absolute atomic E-state index is 1.03. The largest absolute Gasteiger partial charge is 0.311 e. The number of hydrogen-bond donors (Lipinski definition) is 1. The minimum atomic E-state index is 1.03. The van der Waals surface area contributed by atoms with Gasteiger partial charge in [-0.05, 0) is 37.4 Å². The Morgan fingerprint density at radius 2 is 1.88 bits per heavy atom. The van der Waals surface area contributed by atoms with E-state index >= 15 is 0 Å². The Balaban J connectivity index is 1.57. The second-order valence-corrected chi connectivity index (χ2v) is 5.90. The summed E-state index contributed by atoms with van der Waals surface area (Å²) in [5.74, 6) is 0. The lowest BCUT2D eigenvalue weighted by atomic mass is 10.1. The summed E-state index contributed by atoms with van der Waals surface area (Å²) in [5, 5.41) is 5.69. The predicted octanol–water partition coefficient (Wildman–Crippen LogP) is 3.10. The molecular formula is C14H24N2S. The molecule has 1 aliphatic heterocycles. The van der Waals surface area contributed by atoms with Crippen LogP contribution in [0.3, 0.4) is 0 Å². The van der Waals surface area contributed by atoms with Gasteiger partial charge in [0.2, 0.25) is 0 Å². The van der Waals surface area contributed by atoms with E-state index in [9.17, 15) is 0 Å². The van der Waals surface area contributed by atoms with Crippen molar-refractivity contribution in [2.24, 2.45) is 0 Å². The van der Waals surface area contributed by atoms with E-state index < -0.39 is 0 Å². The second-order valence-electron chi connectivity index (χ2n) is 4.87. The fourth-order valence-corrected chi connectivity index (χ4v) is 3.07. The maximum Gasteiger partial charge on any atom is 0.0300 e. The average molecular weight is 252 g/mol. The normalized spacial score (nSPS) is 18.8. The van der Waals surface area contributed by atoms with Crippen LogP contribution >= 0.6 is 11.3 Å². The Morgan fingerprint density at radius 1 is 1.12 bits per heavy atom. The molecule has 1 saturated heterocycles. The van der Waals surface area contributed by atoms with Gasteiger partial charge in [-0.25, -0.2) is 0 Å². The first kappa shape index (κ1) is 13.1. The van der Waals surface area contributed by atoms with Gasteiger partial charge in [-0.1, -0.05) is 25.3 Å². The number of likely N-dealkylation sites (tertiary alicyclic amines) is 1. The number of thiophene rings is 1. The molecule has 17 heavy (non-hydrogen) atoms. The molecule has 0 saturated carbocycles. The van der Waals surface area contributed by atoms with Crippen LogP contribution in [0.15, 0.2) is 17.5 Å². The molecular weight excluding hydrogens is 228 g/mol. The van der Waals surface area contributed by atoms with E-state index in [1.165, 1.54) is 56.6 Å². The molecule has 3 heteroatoms. The molecule has 0 amide bonds. The van der Waals surface area contributed by atoms with Crippen molar-refractivity contribution in [3.8, 4) is 0 Å². The van der Waals surface area contributed by atoms with Gasteiger partial charge in [0, 0.05) is 24.5 Å². The molecule has 2 heterocycles. The Bertz CT molecular complexity index is 276. The third-order valence-corrected chi connectivity index (χ3v) is 4.31. The highest BCUT2D eigenvalue weighted by Gasteiger charge is 2.07. The summed E-state index contributed by atoms with van der Waals surface area (Å²) in [6.45, 7) is 5.98.